The zero-order valence-corrected chi connectivity index (χ0v) is 16.1. The van der Waals surface area contributed by atoms with E-state index in [-0.39, 0.29) is 9.77 Å². The predicted molar refractivity (Wildman–Crippen MR) is 105 cm³/mol. The molecule has 0 saturated heterocycles. The molecule has 0 spiro atoms. The predicted octanol–water partition coefficient (Wildman–Crippen LogP) is 3.55. The molecule has 0 bridgehead atoms. The summed E-state index contributed by atoms with van der Waals surface area (Å²) in [6.07, 6.45) is 0. The first-order valence-electron chi connectivity index (χ1n) is 7.73. The lowest BCUT2D eigenvalue weighted by Gasteiger charge is -2.14. The summed E-state index contributed by atoms with van der Waals surface area (Å²) < 4.78 is 34.1. The molecule has 0 aliphatic heterocycles. The molecule has 3 rings (SSSR count). The number of fused-ring (bicyclic) bond motifs is 1. The Kier molecular flexibility index (Phi) is 4.88. The summed E-state index contributed by atoms with van der Waals surface area (Å²) >= 11 is 1.10. The minimum absolute atomic E-state index is 0.0540. The number of thiophene rings is 1. The monoisotopic (exact) mass is 390 g/mol. The maximum absolute atomic E-state index is 13.0. The van der Waals surface area contributed by atoms with Gasteiger partial charge in [-0.15, -0.1) is 11.3 Å². The third-order valence-electron chi connectivity index (χ3n) is 3.83. The standard InChI is InChI=1S/C18H18N2O4S2/c1-20(2)13-10-8-12(9-11-13)19-26(22,23)17-14-6-4-5-7-15(14)25-16(17)18(21)24-3/h4-11,19H,1-3H3. The van der Waals surface area contributed by atoms with Crippen LogP contribution in [-0.2, 0) is 14.8 Å². The number of ether oxygens (including phenoxy) is 1. The third kappa shape index (κ3) is 3.38. The number of rotatable bonds is 5. The average molecular weight is 390 g/mol. The molecular formula is C18H18N2O4S2. The van der Waals surface area contributed by atoms with Crippen molar-refractivity contribution in [2.24, 2.45) is 0 Å². The summed E-state index contributed by atoms with van der Waals surface area (Å²) in [4.78, 5) is 14.0. The number of anilines is 2. The van der Waals surface area contributed by atoms with Gasteiger partial charge in [0.1, 0.15) is 9.77 Å². The lowest BCUT2D eigenvalue weighted by atomic mass is 10.2. The second-order valence-corrected chi connectivity index (χ2v) is 8.47. The molecule has 0 radical (unpaired) electrons. The Morgan fingerprint density at radius 2 is 1.73 bits per heavy atom. The van der Waals surface area contributed by atoms with Crippen molar-refractivity contribution < 1.29 is 17.9 Å². The van der Waals surface area contributed by atoms with Crippen molar-refractivity contribution in [1.82, 2.24) is 0 Å². The second kappa shape index (κ2) is 6.97. The van der Waals surface area contributed by atoms with Gasteiger partial charge in [0.15, 0.2) is 0 Å². The van der Waals surface area contributed by atoms with E-state index >= 15 is 0 Å². The summed E-state index contributed by atoms with van der Waals surface area (Å²) in [5.41, 5.74) is 1.37. The van der Waals surface area contributed by atoms with Gasteiger partial charge in [0.2, 0.25) is 0 Å². The molecule has 3 aromatic rings. The van der Waals surface area contributed by atoms with Crippen LogP contribution in [0.3, 0.4) is 0 Å². The van der Waals surface area contributed by atoms with Crippen molar-refractivity contribution in [3.8, 4) is 0 Å². The summed E-state index contributed by atoms with van der Waals surface area (Å²) in [7, 11) is 1.07. The van der Waals surface area contributed by atoms with E-state index in [1.165, 1.54) is 7.11 Å². The molecule has 1 aromatic heterocycles. The van der Waals surface area contributed by atoms with Gasteiger partial charge in [-0.25, -0.2) is 13.2 Å². The quantitative estimate of drug-likeness (QED) is 0.674. The fourth-order valence-corrected chi connectivity index (χ4v) is 5.43. The Labute approximate surface area is 156 Å². The number of nitrogens with one attached hydrogen (secondary N) is 1. The van der Waals surface area contributed by atoms with Crippen molar-refractivity contribution in [1.29, 1.82) is 0 Å². The van der Waals surface area contributed by atoms with E-state index in [9.17, 15) is 13.2 Å². The summed E-state index contributed by atoms with van der Waals surface area (Å²) in [5, 5.41) is 0.496. The smallest absolute Gasteiger partial charge is 0.349 e. The highest BCUT2D eigenvalue weighted by atomic mass is 32.2. The largest absolute Gasteiger partial charge is 0.465 e. The van der Waals surface area contributed by atoms with Gasteiger partial charge in [-0.2, -0.15) is 0 Å². The minimum atomic E-state index is -3.97. The van der Waals surface area contributed by atoms with E-state index in [0.717, 1.165) is 17.0 Å². The van der Waals surface area contributed by atoms with E-state index in [4.69, 9.17) is 4.74 Å². The Morgan fingerprint density at radius 3 is 2.35 bits per heavy atom. The van der Waals surface area contributed by atoms with Crippen LogP contribution in [0.4, 0.5) is 11.4 Å². The number of methoxy groups -OCH3 is 1. The average Bonchev–Trinajstić information content (AvgIpc) is 3.01. The van der Waals surface area contributed by atoms with E-state index in [1.54, 1.807) is 36.4 Å². The van der Waals surface area contributed by atoms with Crippen LogP contribution in [0.15, 0.2) is 53.4 Å². The summed E-state index contributed by atoms with van der Waals surface area (Å²) in [6.45, 7) is 0. The number of nitrogens with zero attached hydrogens (tertiary/aromatic N) is 1. The van der Waals surface area contributed by atoms with Gasteiger partial charge in [-0.3, -0.25) is 4.72 Å². The van der Waals surface area contributed by atoms with Crippen molar-refractivity contribution in [3.05, 3.63) is 53.4 Å². The first-order chi connectivity index (χ1) is 12.3. The number of hydrogen-bond donors (Lipinski definition) is 1. The van der Waals surface area contributed by atoms with Crippen molar-refractivity contribution in [3.63, 3.8) is 0 Å². The molecule has 0 fully saturated rings. The van der Waals surface area contributed by atoms with Gasteiger partial charge in [0.05, 0.1) is 7.11 Å². The number of carbonyl (C=O) groups is 1. The Hall–Kier alpha value is -2.58. The maximum Gasteiger partial charge on any atom is 0.349 e. The highest BCUT2D eigenvalue weighted by molar-refractivity contribution is 7.93. The number of hydrogen-bond acceptors (Lipinski definition) is 6. The number of sulfonamides is 1. The molecule has 2 aromatic carbocycles. The molecule has 0 aliphatic carbocycles. The van der Waals surface area contributed by atoms with Gasteiger partial charge >= 0.3 is 5.97 Å². The minimum Gasteiger partial charge on any atom is -0.465 e. The molecule has 6 nitrogen and oxygen atoms in total. The Bertz CT molecular complexity index is 1050. The van der Waals surface area contributed by atoms with Crippen molar-refractivity contribution in [2.45, 2.75) is 4.90 Å². The Balaban J connectivity index is 2.07. The molecular weight excluding hydrogens is 372 g/mol. The maximum atomic E-state index is 13.0. The molecule has 0 aliphatic rings. The first-order valence-corrected chi connectivity index (χ1v) is 10.0. The van der Waals surface area contributed by atoms with Gasteiger partial charge < -0.3 is 9.64 Å². The normalized spacial score (nSPS) is 11.3. The fraction of sp³-hybridized carbons (Fsp3) is 0.167. The fourth-order valence-electron chi connectivity index (χ4n) is 2.55. The van der Waals surface area contributed by atoms with Crippen LogP contribution in [0.1, 0.15) is 9.67 Å². The zero-order valence-electron chi connectivity index (χ0n) is 14.5. The number of benzene rings is 2. The zero-order chi connectivity index (χ0) is 18.9. The van der Waals surface area contributed by atoms with Crippen LogP contribution >= 0.6 is 11.3 Å². The van der Waals surface area contributed by atoms with Crippen LogP contribution in [-0.4, -0.2) is 35.6 Å². The molecule has 136 valence electrons. The topological polar surface area (TPSA) is 75.7 Å². The molecule has 8 heteroatoms. The lowest BCUT2D eigenvalue weighted by Crippen LogP contribution is -2.16. The van der Waals surface area contributed by atoms with E-state index < -0.39 is 16.0 Å². The summed E-state index contributed by atoms with van der Waals surface area (Å²) in [5.74, 6) is -0.672. The van der Waals surface area contributed by atoms with Crippen molar-refractivity contribution in [2.75, 3.05) is 30.8 Å². The lowest BCUT2D eigenvalue weighted by molar-refractivity contribution is 0.0602. The van der Waals surface area contributed by atoms with E-state index in [2.05, 4.69) is 4.72 Å². The number of carbonyl (C=O) groups excluding carboxylic acids is 1. The van der Waals surface area contributed by atoms with Crippen LogP contribution in [0, 0.1) is 0 Å². The highest BCUT2D eigenvalue weighted by Crippen LogP contribution is 2.36. The first kappa shape index (κ1) is 18.2. The molecule has 1 N–H and O–H groups in total. The van der Waals surface area contributed by atoms with Gasteiger partial charge in [0.25, 0.3) is 10.0 Å². The Morgan fingerprint density at radius 1 is 1.08 bits per heavy atom. The SMILES string of the molecule is COC(=O)c1sc2ccccc2c1S(=O)(=O)Nc1ccc(N(C)C)cc1. The molecule has 0 unspecified atom stereocenters. The van der Waals surface area contributed by atoms with Gasteiger partial charge in [0, 0.05) is 35.6 Å². The molecule has 26 heavy (non-hydrogen) atoms. The molecule has 1 heterocycles. The van der Waals surface area contributed by atoms with Crippen molar-refractivity contribution >= 4 is 48.8 Å². The molecule has 0 saturated carbocycles. The van der Waals surface area contributed by atoms with E-state index in [1.807, 2.05) is 31.1 Å². The second-order valence-electron chi connectivity index (χ2n) is 5.79. The highest BCUT2D eigenvalue weighted by Gasteiger charge is 2.29. The molecule has 0 amide bonds. The van der Waals surface area contributed by atoms with Crippen LogP contribution < -0.4 is 9.62 Å². The number of esters is 1. The molecule has 0 atom stereocenters. The third-order valence-corrected chi connectivity index (χ3v) is 6.57. The summed E-state index contributed by atoms with van der Waals surface area (Å²) in [6, 6.07) is 14.0. The van der Waals surface area contributed by atoms with Gasteiger partial charge in [-0.1, -0.05) is 18.2 Å². The van der Waals surface area contributed by atoms with Crippen LogP contribution in [0.25, 0.3) is 10.1 Å². The van der Waals surface area contributed by atoms with Crippen LogP contribution in [0.2, 0.25) is 0 Å². The van der Waals surface area contributed by atoms with E-state index in [0.29, 0.717) is 15.8 Å². The van der Waals surface area contributed by atoms with Gasteiger partial charge in [-0.05, 0) is 30.3 Å². The van der Waals surface area contributed by atoms with Crippen LogP contribution in [0.5, 0.6) is 0 Å².